The summed E-state index contributed by atoms with van der Waals surface area (Å²) in [5.74, 6) is -2.17. The summed E-state index contributed by atoms with van der Waals surface area (Å²) in [5, 5.41) is 44.0. The maximum atomic E-state index is 14.2. The molecule has 1 aliphatic rings. The molecule has 3 rings (SSSR count). The summed E-state index contributed by atoms with van der Waals surface area (Å²) in [6.07, 6.45) is -7.32. The van der Waals surface area contributed by atoms with Gasteiger partial charge in [0.2, 0.25) is 12.2 Å². The Morgan fingerprint density at radius 1 is 1.12 bits per heavy atom. The molecule has 5 atom stereocenters. The van der Waals surface area contributed by atoms with Gasteiger partial charge in [0.1, 0.15) is 24.4 Å². The second kappa shape index (κ2) is 9.67. The van der Waals surface area contributed by atoms with Crippen molar-refractivity contribution in [3.63, 3.8) is 0 Å². The minimum atomic E-state index is -1.62. The van der Waals surface area contributed by atoms with E-state index in [1.54, 1.807) is 11.6 Å². The van der Waals surface area contributed by atoms with Crippen molar-refractivity contribution in [3.8, 4) is 11.6 Å². The molecule has 11 heteroatoms. The summed E-state index contributed by atoms with van der Waals surface area (Å²) in [6.45, 7) is 4.92. The largest absolute Gasteiger partial charge is 0.491 e. The fourth-order valence-corrected chi connectivity index (χ4v) is 3.72. The van der Waals surface area contributed by atoms with E-state index in [0.29, 0.717) is 16.8 Å². The van der Waals surface area contributed by atoms with Crippen LogP contribution in [-0.2, 0) is 11.2 Å². The van der Waals surface area contributed by atoms with Crippen LogP contribution in [0.4, 0.5) is 8.78 Å². The van der Waals surface area contributed by atoms with Crippen molar-refractivity contribution in [3.05, 3.63) is 40.6 Å². The van der Waals surface area contributed by atoms with Gasteiger partial charge in [-0.25, -0.2) is 8.78 Å². The molecule has 1 aromatic carbocycles. The minimum absolute atomic E-state index is 0.0252. The Hall–Kier alpha value is -2.31. The lowest BCUT2D eigenvalue weighted by atomic mass is 9.99. The normalized spacial score (nSPS) is 25.9. The van der Waals surface area contributed by atoms with E-state index in [-0.39, 0.29) is 18.3 Å². The highest BCUT2D eigenvalue weighted by molar-refractivity contribution is 5.39. The first-order valence-electron chi connectivity index (χ1n) is 10.2. The maximum absolute atomic E-state index is 14.2. The van der Waals surface area contributed by atoms with Gasteiger partial charge in [-0.15, -0.1) is 5.10 Å². The average Bonchev–Trinajstić information content (AvgIpc) is 3.04. The summed E-state index contributed by atoms with van der Waals surface area (Å²) < 4.78 is 45.9. The molecule has 32 heavy (non-hydrogen) atoms. The number of hydrogen-bond donors (Lipinski definition) is 4. The molecule has 2 heterocycles. The van der Waals surface area contributed by atoms with E-state index in [2.05, 4.69) is 5.10 Å². The quantitative estimate of drug-likeness (QED) is 0.481. The molecular formula is C21H28F2N2O7. The van der Waals surface area contributed by atoms with Crippen LogP contribution in [0.5, 0.6) is 11.6 Å². The topological polar surface area (TPSA) is 126 Å². The summed E-state index contributed by atoms with van der Waals surface area (Å²) in [5.41, 5.74) is 1.45. The van der Waals surface area contributed by atoms with Crippen LogP contribution in [-0.4, -0.2) is 74.6 Å². The Bertz CT molecular complexity index is 927. The van der Waals surface area contributed by atoms with Crippen molar-refractivity contribution in [2.24, 2.45) is 0 Å². The van der Waals surface area contributed by atoms with Crippen molar-refractivity contribution in [1.29, 1.82) is 0 Å². The Labute approximate surface area is 183 Å². The number of aromatic nitrogens is 2. The van der Waals surface area contributed by atoms with Crippen LogP contribution in [0.2, 0.25) is 0 Å². The van der Waals surface area contributed by atoms with Gasteiger partial charge in [0.25, 0.3) is 0 Å². The van der Waals surface area contributed by atoms with Gasteiger partial charge in [-0.2, -0.15) is 0 Å². The van der Waals surface area contributed by atoms with E-state index in [1.807, 2.05) is 13.8 Å². The first-order valence-corrected chi connectivity index (χ1v) is 10.2. The van der Waals surface area contributed by atoms with E-state index in [0.717, 1.165) is 12.1 Å². The number of nitrogens with zero attached hydrogens (tertiary/aromatic N) is 2. The Kier molecular flexibility index (Phi) is 7.36. The number of benzene rings is 1. The molecule has 9 nitrogen and oxygen atoms in total. The highest BCUT2D eigenvalue weighted by atomic mass is 19.1. The van der Waals surface area contributed by atoms with Gasteiger partial charge < -0.3 is 34.6 Å². The molecule has 0 amide bonds. The zero-order chi connectivity index (χ0) is 23.7. The lowest BCUT2D eigenvalue weighted by Crippen LogP contribution is -2.60. The molecule has 1 aromatic heterocycles. The molecule has 1 aliphatic heterocycles. The molecule has 0 bridgehead atoms. The van der Waals surface area contributed by atoms with E-state index in [9.17, 15) is 29.2 Å². The first kappa shape index (κ1) is 24.3. The van der Waals surface area contributed by atoms with Crippen molar-refractivity contribution in [1.82, 2.24) is 9.78 Å². The van der Waals surface area contributed by atoms with Gasteiger partial charge in [0.15, 0.2) is 17.4 Å². The Balaban J connectivity index is 1.96. The number of methoxy groups -OCH3 is 1. The molecule has 0 aliphatic carbocycles. The van der Waals surface area contributed by atoms with Crippen LogP contribution in [0.25, 0.3) is 0 Å². The predicted molar refractivity (Wildman–Crippen MR) is 107 cm³/mol. The maximum Gasteiger partial charge on any atom is 0.239 e. The van der Waals surface area contributed by atoms with Gasteiger partial charge in [0.05, 0.1) is 13.7 Å². The Morgan fingerprint density at radius 2 is 1.75 bits per heavy atom. The predicted octanol–water partition coefficient (Wildman–Crippen LogP) is 0.829. The molecule has 0 spiro atoms. The number of rotatable bonds is 7. The summed E-state index contributed by atoms with van der Waals surface area (Å²) in [7, 11) is 1.17. The smallest absolute Gasteiger partial charge is 0.239 e. The fraction of sp³-hybridized carbons (Fsp3) is 0.571. The zero-order valence-electron chi connectivity index (χ0n) is 18.2. The number of ether oxygens (including phenoxy) is 3. The molecule has 2 aromatic rings. The van der Waals surface area contributed by atoms with Crippen LogP contribution in [0.3, 0.4) is 0 Å². The summed E-state index contributed by atoms with van der Waals surface area (Å²) >= 11 is 0. The molecule has 1 fully saturated rings. The molecule has 1 saturated heterocycles. The lowest BCUT2D eigenvalue weighted by molar-refractivity contribution is -0.278. The third-order valence-corrected chi connectivity index (χ3v) is 5.45. The van der Waals surface area contributed by atoms with Crippen molar-refractivity contribution in [2.45, 2.75) is 63.9 Å². The standard InChI is InChI=1S/C21H28F2N2O7/c1-9(2)25-10(3)12(5-11-6-13(22)19(30-4)14(23)7-11)20(24-25)32-21-18(29)17(28)16(27)15(8-26)31-21/h6-7,9,15-18,21,26-29H,5,8H2,1-4H3/t15-,16-,17+,18-,21+/m1/s1. The van der Waals surface area contributed by atoms with Gasteiger partial charge in [0, 0.05) is 23.7 Å². The van der Waals surface area contributed by atoms with Gasteiger partial charge >= 0.3 is 0 Å². The molecule has 0 unspecified atom stereocenters. The van der Waals surface area contributed by atoms with Crippen LogP contribution >= 0.6 is 0 Å². The minimum Gasteiger partial charge on any atom is -0.491 e. The number of aliphatic hydroxyl groups is 4. The molecule has 0 radical (unpaired) electrons. The summed E-state index contributed by atoms with van der Waals surface area (Å²) in [6, 6.07) is 2.21. The number of hydrogen-bond acceptors (Lipinski definition) is 8. The van der Waals surface area contributed by atoms with Gasteiger partial charge in [-0.05, 0) is 38.5 Å². The fourth-order valence-electron chi connectivity index (χ4n) is 3.72. The van der Waals surface area contributed by atoms with Crippen molar-refractivity contribution < 1.29 is 43.4 Å². The monoisotopic (exact) mass is 458 g/mol. The van der Waals surface area contributed by atoms with Crippen LogP contribution in [0.15, 0.2) is 12.1 Å². The average molecular weight is 458 g/mol. The van der Waals surface area contributed by atoms with E-state index in [1.165, 1.54) is 7.11 Å². The third kappa shape index (κ3) is 4.57. The molecule has 0 saturated carbocycles. The van der Waals surface area contributed by atoms with E-state index < -0.39 is 54.7 Å². The second-order valence-corrected chi connectivity index (χ2v) is 7.99. The third-order valence-electron chi connectivity index (χ3n) is 5.45. The van der Waals surface area contributed by atoms with Crippen LogP contribution < -0.4 is 9.47 Å². The van der Waals surface area contributed by atoms with Crippen molar-refractivity contribution >= 4 is 0 Å². The Morgan fingerprint density at radius 3 is 2.28 bits per heavy atom. The zero-order valence-corrected chi connectivity index (χ0v) is 18.2. The molecule has 4 N–H and O–H groups in total. The lowest BCUT2D eigenvalue weighted by Gasteiger charge is -2.39. The van der Waals surface area contributed by atoms with E-state index >= 15 is 0 Å². The van der Waals surface area contributed by atoms with Gasteiger partial charge in [-0.3, -0.25) is 4.68 Å². The highest BCUT2D eigenvalue weighted by Crippen LogP contribution is 2.32. The summed E-state index contributed by atoms with van der Waals surface area (Å²) in [4.78, 5) is 0. The SMILES string of the molecule is COc1c(F)cc(Cc2c(O[C@@H]3O[C@H](CO)[C@@H](O)[C@H](O)[C@H]3O)nn(C(C)C)c2C)cc1F. The molecular weight excluding hydrogens is 430 g/mol. The second-order valence-electron chi connectivity index (χ2n) is 7.99. The number of halogens is 2. The molecule has 178 valence electrons. The van der Waals surface area contributed by atoms with Crippen molar-refractivity contribution in [2.75, 3.05) is 13.7 Å². The first-order chi connectivity index (χ1) is 15.1. The number of aliphatic hydroxyl groups excluding tert-OH is 4. The highest BCUT2D eigenvalue weighted by Gasteiger charge is 2.45. The van der Waals surface area contributed by atoms with E-state index in [4.69, 9.17) is 14.2 Å². The van der Waals surface area contributed by atoms with Crippen LogP contribution in [0.1, 0.15) is 36.7 Å². The van der Waals surface area contributed by atoms with Gasteiger partial charge in [-0.1, -0.05) is 0 Å². The van der Waals surface area contributed by atoms with Crippen LogP contribution in [0, 0.1) is 18.6 Å².